The molecule has 8 nitrogen and oxygen atoms in total. The van der Waals surface area contributed by atoms with Gasteiger partial charge in [0.1, 0.15) is 33.7 Å². The maximum absolute atomic E-state index is 6.42. The number of thiazole rings is 1. The highest BCUT2D eigenvalue weighted by atomic mass is 35.5. The van der Waals surface area contributed by atoms with E-state index in [4.69, 9.17) is 27.8 Å². The second-order valence-corrected chi connectivity index (χ2v) is 8.98. The molecule has 4 heterocycles. The van der Waals surface area contributed by atoms with Crippen LogP contribution in [0.15, 0.2) is 30.5 Å². The number of aromatic nitrogens is 4. The maximum atomic E-state index is 6.42. The Balaban J connectivity index is 1.52. The summed E-state index contributed by atoms with van der Waals surface area (Å²) in [6.07, 6.45) is 3.56. The summed E-state index contributed by atoms with van der Waals surface area (Å²) in [6.45, 7) is 3.92. The van der Waals surface area contributed by atoms with Crippen LogP contribution in [0.2, 0.25) is 5.15 Å². The summed E-state index contributed by atoms with van der Waals surface area (Å²) in [4.78, 5) is 20.5. The number of pyridine rings is 1. The molecule has 10 heteroatoms. The third-order valence-electron chi connectivity index (χ3n) is 5.39. The van der Waals surface area contributed by atoms with Gasteiger partial charge in [0.25, 0.3) is 0 Å². The molecule has 32 heavy (non-hydrogen) atoms. The van der Waals surface area contributed by atoms with E-state index in [1.54, 1.807) is 0 Å². The van der Waals surface area contributed by atoms with Crippen LogP contribution in [-0.4, -0.2) is 33.1 Å². The van der Waals surface area contributed by atoms with Crippen LogP contribution in [0, 0.1) is 0 Å². The minimum atomic E-state index is 0.172. The average Bonchev–Trinajstić information content (AvgIpc) is 3.01. The van der Waals surface area contributed by atoms with Crippen molar-refractivity contribution in [3.8, 4) is 16.9 Å². The molecule has 0 spiro atoms. The molecule has 0 atom stereocenters. The lowest BCUT2D eigenvalue weighted by atomic mass is 10.0. The van der Waals surface area contributed by atoms with Crippen molar-refractivity contribution in [1.82, 2.24) is 19.9 Å². The van der Waals surface area contributed by atoms with E-state index in [0.29, 0.717) is 30.0 Å². The van der Waals surface area contributed by atoms with Crippen LogP contribution in [0.5, 0.6) is 5.75 Å². The third kappa shape index (κ3) is 3.89. The van der Waals surface area contributed by atoms with Crippen molar-refractivity contribution in [2.24, 2.45) is 0 Å². The van der Waals surface area contributed by atoms with Crippen LogP contribution in [0.3, 0.4) is 0 Å². The highest BCUT2D eigenvalue weighted by Crippen LogP contribution is 2.34. The number of hydrogen-bond donors (Lipinski definition) is 2. The fraction of sp³-hybridized carbons (Fsp3) is 0.273. The molecule has 164 valence electrons. The lowest BCUT2D eigenvalue weighted by molar-refractivity contribution is 0.331. The summed E-state index contributed by atoms with van der Waals surface area (Å²) in [5, 5.41) is 0.927. The van der Waals surface area contributed by atoms with Gasteiger partial charge < -0.3 is 21.1 Å². The van der Waals surface area contributed by atoms with E-state index in [0.717, 1.165) is 57.0 Å². The average molecular weight is 468 g/mol. The molecule has 0 saturated carbocycles. The van der Waals surface area contributed by atoms with Gasteiger partial charge in [-0.1, -0.05) is 42.3 Å². The van der Waals surface area contributed by atoms with Gasteiger partial charge in [0.05, 0.1) is 6.54 Å². The first-order chi connectivity index (χ1) is 15.5. The van der Waals surface area contributed by atoms with Gasteiger partial charge in [-0.25, -0.2) is 15.0 Å². The Hall–Kier alpha value is -3.17. The predicted molar refractivity (Wildman–Crippen MR) is 129 cm³/mol. The normalized spacial score (nSPS) is 13.6. The number of anilines is 3. The molecule has 0 radical (unpaired) electrons. The number of nitrogens with zero attached hydrogens (tertiary/aromatic N) is 5. The third-order valence-corrected chi connectivity index (χ3v) is 6.51. The highest BCUT2D eigenvalue weighted by molar-refractivity contribution is 7.21. The van der Waals surface area contributed by atoms with E-state index >= 15 is 0 Å². The zero-order valence-corrected chi connectivity index (χ0v) is 19.1. The van der Waals surface area contributed by atoms with Gasteiger partial charge in [-0.3, -0.25) is 0 Å². The Labute approximate surface area is 194 Å². The van der Waals surface area contributed by atoms with Crippen molar-refractivity contribution in [3.05, 3.63) is 46.7 Å². The summed E-state index contributed by atoms with van der Waals surface area (Å²) in [7, 11) is 0. The Morgan fingerprint density at radius 3 is 2.88 bits per heavy atom. The lowest BCUT2D eigenvalue weighted by Crippen LogP contribution is -2.28. The van der Waals surface area contributed by atoms with Crippen molar-refractivity contribution in [1.29, 1.82) is 0 Å². The Morgan fingerprint density at radius 2 is 2.03 bits per heavy atom. The topological polar surface area (TPSA) is 116 Å². The molecule has 0 unspecified atom stereocenters. The SMILES string of the molecule is CCCc1c(Cl)nc(N)nc1N1CCOc2ccc(-c3cnc4sc(N)nc4c3)cc2C1. The monoisotopic (exact) mass is 467 g/mol. The second kappa shape index (κ2) is 8.40. The van der Waals surface area contributed by atoms with Crippen LogP contribution in [0.4, 0.5) is 16.9 Å². The fourth-order valence-corrected chi connectivity index (χ4v) is 4.86. The van der Waals surface area contributed by atoms with Crippen LogP contribution in [-0.2, 0) is 13.0 Å². The number of halogens is 1. The second-order valence-electron chi connectivity index (χ2n) is 7.62. The molecule has 0 bridgehead atoms. The van der Waals surface area contributed by atoms with Crippen molar-refractivity contribution in [2.45, 2.75) is 26.3 Å². The lowest BCUT2D eigenvalue weighted by Gasteiger charge is -2.24. The van der Waals surface area contributed by atoms with E-state index in [2.05, 4.69) is 37.8 Å². The first-order valence-electron chi connectivity index (χ1n) is 10.4. The van der Waals surface area contributed by atoms with Gasteiger partial charge in [-0.15, -0.1) is 0 Å². The number of hydrogen-bond acceptors (Lipinski definition) is 9. The molecule has 5 rings (SSSR count). The number of nitrogen functional groups attached to an aromatic ring is 2. The maximum Gasteiger partial charge on any atom is 0.223 e. The molecule has 0 saturated heterocycles. The molecule has 0 fully saturated rings. The first-order valence-corrected chi connectivity index (χ1v) is 11.6. The standard InChI is InChI=1S/C22H22ClN7OS/c1-2-3-15-18(23)28-21(24)29-19(15)30-6-7-31-17-5-4-12(8-14(17)11-30)13-9-16-20(26-10-13)32-22(25)27-16/h4-5,8-10H,2-3,6-7,11H2,1H3,(H2,25,27)(H2,24,28,29). The summed E-state index contributed by atoms with van der Waals surface area (Å²) >= 11 is 7.80. The molecular formula is C22H22ClN7OS. The van der Waals surface area contributed by atoms with E-state index in [1.165, 1.54) is 11.3 Å². The number of rotatable bonds is 4. The summed E-state index contributed by atoms with van der Waals surface area (Å²) < 4.78 is 6.03. The summed E-state index contributed by atoms with van der Waals surface area (Å²) in [5.74, 6) is 1.80. The predicted octanol–water partition coefficient (Wildman–Crippen LogP) is 4.32. The van der Waals surface area contributed by atoms with Crippen LogP contribution in [0.25, 0.3) is 21.5 Å². The largest absolute Gasteiger partial charge is 0.491 e. The molecule has 1 aliphatic rings. The molecule has 0 aliphatic carbocycles. The number of benzene rings is 1. The number of fused-ring (bicyclic) bond motifs is 2. The minimum absolute atomic E-state index is 0.172. The highest BCUT2D eigenvalue weighted by Gasteiger charge is 2.22. The molecule has 4 aromatic rings. The molecule has 1 aromatic carbocycles. The molecule has 1 aliphatic heterocycles. The molecular weight excluding hydrogens is 446 g/mol. The van der Waals surface area contributed by atoms with Gasteiger partial charge in [0, 0.05) is 29.4 Å². The van der Waals surface area contributed by atoms with Crippen LogP contribution < -0.4 is 21.1 Å². The summed E-state index contributed by atoms with van der Waals surface area (Å²) in [6, 6.07) is 8.17. The zero-order valence-electron chi connectivity index (χ0n) is 17.5. The molecule has 3 aromatic heterocycles. The molecule has 4 N–H and O–H groups in total. The van der Waals surface area contributed by atoms with Gasteiger partial charge in [0.15, 0.2) is 5.13 Å². The van der Waals surface area contributed by atoms with E-state index < -0.39 is 0 Å². The van der Waals surface area contributed by atoms with Crippen molar-refractivity contribution < 1.29 is 4.74 Å². The Morgan fingerprint density at radius 1 is 1.16 bits per heavy atom. The van der Waals surface area contributed by atoms with E-state index in [1.807, 2.05) is 24.4 Å². The Bertz CT molecular complexity index is 1310. The first kappa shape index (κ1) is 20.7. The zero-order chi connectivity index (χ0) is 22.2. The number of ether oxygens (including phenoxy) is 1. The smallest absolute Gasteiger partial charge is 0.223 e. The Kier molecular flexibility index (Phi) is 5.44. The fourth-order valence-electron chi connectivity index (χ4n) is 3.94. The van der Waals surface area contributed by atoms with E-state index in [9.17, 15) is 0 Å². The molecule has 0 amide bonds. The van der Waals surface area contributed by atoms with Crippen molar-refractivity contribution in [3.63, 3.8) is 0 Å². The van der Waals surface area contributed by atoms with Gasteiger partial charge >= 0.3 is 0 Å². The van der Waals surface area contributed by atoms with Crippen LogP contribution >= 0.6 is 22.9 Å². The van der Waals surface area contributed by atoms with Gasteiger partial charge in [0.2, 0.25) is 5.95 Å². The minimum Gasteiger partial charge on any atom is -0.491 e. The van der Waals surface area contributed by atoms with E-state index in [-0.39, 0.29) is 5.95 Å². The van der Waals surface area contributed by atoms with Gasteiger partial charge in [-0.2, -0.15) is 4.98 Å². The van der Waals surface area contributed by atoms with Crippen LogP contribution in [0.1, 0.15) is 24.5 Å². The van der Waals surface area contributed by atoms with Gasteiger partial charge in [-0.05, 0) is 30.2 Å². The quantitative estimate of drug-likeness (QED) is 0.426. The number of nitrogens with two attached hydrogens (primary N) is 2. The van der Waals surface area contributed by atoms with Crippen molar-refractivity contribution >= 4 is 50.2 Å². The van der Waals surface area contributed by atoms with Crippen molar-refractivity contribution in [2.75, 3.05) is 29.5 Å². The summed E-state index contributed by atoms with van der Waals surface area (Å²) in [5.41, 5.74) is 16.5.